The summed E-state index contributed by atoms with van der Waals surface area (Å²) in [6, 6.07) is 15.8. The number of esters is 2. The first-order chi connectivity index (χ1) is 14.5. The maximum absolute atomic E-state index is 13.4. The van der Waals surface area contributed by atoms with Crippen LogP contribution in [0.4, 0.5) is 4.39 Å². The molecule has 0 bridgehead atoms. The number of carbonyl (C=O) groups excluding carboxylic acids is 2. The second kappa shape index (κ2) is 9.55. The van der Waals surface area contributed by atoms with Gasteiger partial charge in [0.05, 0.1) is 24.3 Å². The molecule has 0 spiro atoms. The van der Waals surface area contributed by atoms with Crippen LogP contribution in [0.2, 0.25) is 5.02 Å². The Labute approximate surface area is 179 Å². The van der Waals surface area contributed by atoms with E-state index in [0.717, 1.165) is 0 Å². The van der Waals surface area contributed by atoms with Crippen molar-refractivity contribution >= 4 is 23.5 Å². The summed E-state index contributed by atoms with van der Waals surface area (Å²) in [5, 5.41) is 0.424. The summed E-state index contributed by atoms with van der Waals surface area (Å²) in [7, 11) is 0. The topological polar surface area (TPSA) is 52.6 Å². The Balaban J connectivity index is 2.32. The lowest BCUT2D eigenvalue weighted by atomic mass is 9.90. The average molecular weight is 427 g/mol. The molecule has 0 fully saturated rings. The molecule has 0 heterocycles. The van der Waals surface area contributed by atoms with E-state index in [9.17, 15) is 14.0 Å². The lowest BCUT2D eigenvalue weighted by Gasteiger charge is -2.16. The van der Waals surface area contributed by atoms with Gasteiger partial charge in [-0.3, -0.25) is 0 Å². The number of hydrogen-bond donors (Lipinski definition) is 0. The third-order valence-corrected chi connectivity index (χ3v) is 4.80. The van der Waals surface area contributed by atoms with E-state index in [4.69, 9.17) is 21.1 Å². The third kappa shape index (κ3) is 4.52. The van der Waals surface area contributed by atoms with Crippen LogP contribution in [0.5, 0.6) is 0 Å². The molecule has 0 aliphatic rings. The zero-order chi connectivity index (χ0) is 21.7. The van der Waals surface area contributed by atoms with Crippen LogP contribution in [0.3, 0.4) is 0 Å². The van der Waals surface area contributed by atoms with Crippen LogP contribution in [-0.4, -0.2) is 25.2 Å². The quantitative estimate of drug-likeness (QED) is 0.442. The number of halogens is 2. The van der Waals surface area contributed by atoms with Crippen molar-refractivity contribution in [2.24, 2.45) is 0 Å². The summed E-state index contributed by atoms with van der Waals surface area (Å²) in [5.74, 6) is -1.51. The van der Waals surface area contributed by atoms with Gasteiger partial charge in [0.2, 0.25) is 0 Å². The molecule has 0 aliphatic carbocycles. The molecule has 30 heavy (non-hydrogen) atoms. The van der Waals surface area contributed by atoms with Gasteiger partial charge in [0.25, 0.3) is 0 Å². The second-order valence-electron chi connectivity index (χ2n) is 6.37. The highest BCUT2D eigenvalue weighted by molar-refractivity contribution is 6.33. The Morgan fingerprint density at radius 3 is 1.90 bits per heavy atom. The first-order valence-corrected chi connectivity index (χ1v) is 9.87. The number of ether oxygens (including phenoxy) is 2. The van der Waals surface area contributed by atoms with Crippen LogP contribution in [0.15, 0.2) is 60.7 Å². The van der Waals surface area contributed by atoms with E-state index in [2.05, 4.69) is 0 Å². The molecule has 6 heteroatoms. The highest BCUT2D eigenvalue weighted by Crippen LogP contribution is 2.36. The van der Waals surface area contributed by atoms with E-state index in [0.29, 0.717) is 27.3 Å². The Hall–Kier alpha value is -3.18. The fourth-order valence-corrected chi connectivity index (χ4v) is 3.36. The minimum atomic E-state index is -0.555. The van der Waals surface area contributed by atoms with Gasteiger partial charge in [-0.05, 0) is 60.9 Å². The molecule has 0 aromatic heterocycles. The predicted molar refractivity (Wildman–Crippen MR) is 114 cm³/mol. The van der Waals surface area contributed by atoms with E-state index >= 15 is 0 Å². The molecule has 0 unspecified atom stereocenters. The van der Waals surface area contributed by atoms with Gasteiger partial charge >= 0.3 is 11.9 Å². The van der Waals surface area contributed by atoms with Crippen molar-refractivity contribution in [3.63, 3.8) is 0 Å². The van der Waals surface area contributed by atoms with E-state index in [1.165, 1.54) is 24.3 Å². The standard InChI is InChI=1S/C24H20ClFO4/c1-3-29-23(27)20-14-19(17-7-5-6-8-22(17)25)21(24(28)30-4-2)13-18(20)15-9-11-16(26)12-10-15/h5-14H,3-4H2,1-2H3. The van der Waals surface area contributed by atoms with Gasteiger partial charge in [0, 0.05) is 10.6 Å². The van der Waals surface area contributed by atoms with E-state index in [1.807, 2.05) is 0 Å². The number of carbonyl (C=O) groups is 2. The van der Waals surface area contributed by atoms with Crippen LogP contribution in [0, 0.1) is 5.82 Å². The highest BCUT2D eigenvalue weighted by atomic mass is 35.5. The largest absolute Gasteiger partial charge is 0.462 e. The number of hydrogen-bond acceptors (Lipinski definition) is 4. The Morgan fingerprint density at radius 1 is 0.800 bits per heavy atom. The van der Waals surface area contributed by atoms with Gasteiger partial charge in [0.1, 0.15) is 5.82 Å². The molecule has 3 aromatic carbocycles. The first kappa shape index (κ1) is 21.5. The predicted octanol–water partition coefficient (Wildman–Crippen LogP) is 6.17. The van der Waals surface area contributed by atoms with Crippen molar-refractivity contribution in [3.05, 3.63) is 82.6 Å². The fraction of sp³-hybridized carbons (Fsp3) is 0.167. The zero-order valence-electron chi connectivity index (χ0n) is 16.6. The zero-order valence-corrected chi connectivity index (χ0v) is 17.3. The molecule has 3 rings (SSSR count). The van der Waals surface area contributed by atoms with Crippen molar-refractivity contribution in [2.45, 2.75) is 13.8 Å². The van der Waals surface area contributed by atoms with Gasteiger partial charge in [-0.15, -0.1) is 0 Å². The average Bonchev–Trinajstić information content (AvgIpc) is 2.74. The lowest BCUT2D eigenvalue weighted by molar-refractivity contribution is 0.0513. The van der Waals surface area contributed by atoms with Crippen molar-refractivity contribution in [3.8, 4) is 22.3 Å². The van der Waals surface area contributed by atoms with Crippen LogP contribution >= 0.6 is 11.6 Å². The fourth-order valence-electron chi connectivity index (χ4n) is 3.13. The maximum atomic E-state index is 13.4. The number of rotatable bonds is 6. The van der Waals surface area contributed by atoms with Crippen molar-refractivity contribution in [1.82, 2.24) is 0 Å². The SMILES string of the molecule is CCOC(=O)c1cc(-c2ccccc2Cl)c(C(=O)OCC)cc1-c1ccc(F)cc1. The Morgan fingerprint density at radius 2 is 1.33 bits per heavy atom. The van der Waals surface area contributed by atoms with E-state index < -0.39 is 17.8 Å². The van der Waals surface area contributed by atoms with Crippen LogP contribution < -0.4 is 0 Å². The molecule has 0 N–H and O–H groups in total. The molecule has 0 aliphatic heterocycles. The van der Waals surface area contributed by atoms with Gasteiger partial charge in [-0.2, -0.15) is 0 Å². The molecule has 0 saturated heterocycles. The Kier molecular flexibility index (Phi) is 6.85. The summed E-state index contributed by atoms with van der Waals surface area (Å²) in [6.45, 7) is 3.79. The first-order valence-electron chi connectivity index (χ1n) is 9.49. The summed E-state index contributed by atoms with van der Waals surface area (Å²) in [4.78, 5) is 25.5. The molecular weight excluding hydrogens is 407 g/mol. The Bertz CT molecular complexity index is 1080. The van der Waals surface area contributed by atoms with E-state index in [-0.39, 0.29) is 24.3 Å². The molecule has 4 nitrogen and oxygen atoms in total. The molecular formula is C24H20ClFO4. The molecule has 0 saturated carbocycles. The minimum absolute atomic E-state index is 0.183. The monoisotopic (exact) mass is 426 g/mol. The summed E-state index contributed by atoms with van der Waals surface area (Å²) < 4.78 is 23.9. The maximum Gasteiger partial charge on any atom is 0.338 e. The lowest BCUT2D eigenvalue weighted by Crippen LogP contribution is -2.12. The second-order valence-corrected chi connectivity index (χ2v) is 6.78. The van der Waals surface area contributed by atoms with Crippen LogP contribution in [0.1, 0.15) is 34.6 Å². The molecule has 0 atom stereocenters. The van der Waals surface area contributed by atoms with Gasteiger partial charge < -0.3 is 9.47 Å². The van der Waals surface area contributed by atoms with Gasteiger partial charge in [-0.1, -0.05) is 41.9 Å². The summed E-state index contributed by atoms with van der Waals surface area (Å²) in [5.41, 5.74) is 2.53. The van der Waals surface area contributed by atoms with Crippen LogP contribution in [-0.2, 0) is 9.47 Å². The van der Waals surface area contributed by atoms with Crippen molar-refractivity contribution in [2.75, 3.05) is 13.2 Å². The summed E-state index contributed by atoms with van der Waals surface area (Å²) in [6.07, 6.45) is 0. The minimum Gasteiger partial charge on any atom is -0.462 e. The normalized spacial score (nSPS) is 10.5. The molecule has 154 valence electrons. The van der Waals surface area contributed by atoms with Crippen molar-refractivity contribution in [1.29, 1.82) is 0 Å². The van der Waals surface area contributed by atoms with Gasteiger partial charge in [0.15, 0.2) is 0 Å². The van der Waals surface area contributed by atoms with E-state index in [1.54, 1.807) is 50.2 Å². The summed E-state index contributed by atoms with van der Waals surface area (Å²) >= 11 is 6.37. The molecule has 3 aromatic rings. The van der Waals surface area contributed by atoms with Gasteiger partial charge in [-0.25, -0.2) is 14.0 Å². The third-order valence-electron chi connectivity index (χ3n) is 4.47. The molecule has 0 amide bonds. The van der Waals surface area contributed by atoms with Crippen molar-refractivity contribution < 1.29 is 23.5 Å². The molecule has 0 radical (unpaired) electrons. The highest BCUT2D eigenvalue weighted by Gasteiger charge is 2.23. The number of benzene rings is 3. The smallest absolute Gasteiger partial charge is 0.338 e. The van der Waals surface area contributed by atoms with Crippen LogP contribution in [0.25, 0.3) is 22.3 Å².